The Morgan fingerprint density at radius 3 is 1.29 bits per heavy atom. The standard InChI is InChI=1S/C13H24N2O4.C3H8N2/c1-12(2,3)18-10(16)14-8-7-9(8)15-11(17)19-13(4,5)6;4-2-1-3(2)5/h8-9H,7H2,1-6H3,(H,14,16)(H,15,17);2-3H,1,4-5H2/t8-,9?;2-,3?/m11/s1. The number of alkyl carbamates (subject to hydrolysis) is 2. The number of carbonyl (C=O) groups is 2. The SMILES string of the molecule is CC(C)(C)OC(=O)NC1C[C@H]1NC(=O)OC(C)(C)C.NC1C[C@H]1N. The van der Waals surface area contributed by atoms with Crippen LogP contribution in [-0.2, 0) is 9.47 Å². The highest BCUT2D eigenvalue weighted by Gasteiger charge is 2.41. The van der Waals surface area contributed by atoms with E-state index in [1.165, 1.54) is 0 Å². The quantitative estimate of drug-likeness (QED) is 0.596. The average Bonchev–Trinajstić information content (AvgIpc) is 3.17. The number of hydrogen-bond acceptors (Lipinski definition) is 6. The summed E-state index contributed by atoms with van der Waals surface area (Å²) in [5.74, 6) is 0. The summed E-state index contributed by atoms with van der Waals surface area (Å²) in [7, 11) is 0. The third kappa shape index (κ3) is 9.57. The Balaban J connectivity index is 0.000000488. The minimum Gasteiger partial charge on any atom is -0.444 e. The number of hydrogen-bond donors (Lipinski definition) is 4. The maximum Gasteiger partial charge on any atom is 0.407 e. The summed E-state index contributed by atoms with van der Waals surface area (Å²) in [6.07, 6.45) is 0.787. The van der Waals surface area contributed by atoms with Crippen molar-refractivity contribution in [2.45, 2.75) is 89.8 Å². The van der Waals surface area contributed by atoms with Crippen molar-refractivity contribution in [1.82, 2.24) is 10.6 Å². The molecule has 140 valence electrons. The van der Waals surface area contributed by atoms with Crippen molar-refractivity contribution < 1.29 is 19.1 Å². The van der Waals surface area contributed by atoms with E-state index in [1.54, 1.807) is 41.5 Å². The third-order valence-electron chi connectivity index (χ3n) is 3.09. The van der Waals surface area contributed by atoms with Gasteiger partial charge in [0.15, 0.2) is 0 Å². The minimum atomic E-state index is -0.521. The normalized spacial score (nSPS) is 28.0. The van der Waals surface area contributed by atoms with Gasteiger partial charge in [0.05, 0.1) is 12.1 Å². The predicted octanol–water partition coefficient (Wildman–Crippen LogP) is 1.22. The van der Waals surface area contributed by atoms with Crippen molar-refractivity contribution in [2.75, 3.05) is 0 Å². The first-order chi connectivity index (χ1) is 10.8. The maximum atomic E-state index is 11.5. The van der Waals surface area contributed by atoms with E-state index < -0.39 is 23.4 Å². The second-order valence-corrected chi connectivity index (χ2v) is 8.30. The van der Waals surface area contributed by atoms with Crippen molar-refractivity contribution in [1.29, 1.82) is 0 Å². The van der Waals surface area contributed by atoms with Crippen LogP contribution in [0.25, 0.3) is 0 Å². The average molecular weight is 344 g/mol. The van der Waals surface area contributed by atoms with Crippen LogP contribution in [0.1, 0.15) is 54.4 Å². The summed E-state index contributed by atoms with van der Waals surface area (Å²) >= 11 is 0. The van der Waals surface area contributed by atoms with E-state index in [0.717, 1.165) is 6.42 Å². The van der Waals surface area contributed by atoms with Gasteiger partial charge in [0.1, 0.15) is 11.2 Å². The van der Waals surface area contributed by atoms with Crippen molar-refractivity contribution in [3.05, 3.63) is 0 Å². The van der Waals surface area contributed by atoms with E-state index in [4.69, 9.17) is 20.9 Å². The van der Waals surface area contributed by atoms with Crippen LogP contribution in [0, 0.1) is 0 Å². The summed E-state index contributed by atoms with van der Waals surface area (Å²) in [6, 6.07) is 0.495. The highest BCUT2D eigenvalue weighted by Crippen LogP contribution is 2.22. The van der Waals surface area contributed by atoms with Crippen LogP contribution >= 0.6 is 0 Å². The molecule has 0 spiro atoms. The second kappa shape index (κ2) is 7.57. The van der Waals surface area contributed by atoms with Gasteiger partial charge in [-0.3, -0.25) is 0 Å². The van der Waals surface area contributed by atoms with Crippen LogP contribution < -0.4 is 22.1 Å². The minimum absolute atomic E-state index is 0.0811. The molecule has 0 aromatic rings. The van der Waals surface area contributed by atoms with Crippen molar-refractivity contribution >= 4 is 12.2 Å². The van der Waals surface area contributed by atoms with Crippen LogP contribution in [0.4, 0.5) is 9.59 Å². The van der Waals surface area contributed by atoms with Gasteiger partial charge in [-0.1, -0.05) is 0 Å². The molecule has 0 aromatic heterocycles. The number of rotatable bonds is 2. The first-order valence-electron chi connectivity index (χ1n) is 8.27. The van der Waals surface area contributed by atoms with Gasteiger partial charge in [-0.05, 0) is 54.4 Å². The lowest BCUT2D eigenvalue weighted by Gasteiger charge is -2.20. The van der Waals surface area contributed by atoms with E-state index >= 15 is 0 Å². The van der Waals surface area contributed by atoms with Gasteiger partial charge in [0.2, 0.25) is 0 Å². The third-order valence-corrected chi connectivity index (χ3v) is 3.09. The van der Waals surface area contributed by atoms with Crippen LogP contribution in [0.5, 0.6) is 0 Å². The van der Waals surface area contributed by atoms with Crippen LogP contribution in [-0.4, -0.2) is 47.6 Å². The van der Waals surface area contributed by atoms with E-state index in [-0.39, 0.29) is 12.1 Å². The largest absolute Gasteiger partial charge is 0.444 e. The summed E-state index contributed by atoms with van der Waals surface area (Å²) < 4.78 is 10.3. The topological polar surface area (TPSA) is 129 Å². The molecule has 0 aliphatic heterocycles. The summed E-state index contributed by atoms with van der Waals surface area (Å²) in [6.45, 7) is 10.8. The van der Waals surface area contributed by atoms with Crippen LogP contribution in [0.2, 0.25) is 0 Å². The zero-order valence-electron chi connectivity index (χ0n) is 15.5. The van der Waals surface area contributed by atoms with E-state index in [2.05, 4.69) is 10.6 Å². The van der Waals surface area contributed by atoms with E-state index in [1.807, 2.05) is 0 Å². The van der Waals surface area contributed by atoms with Crippen molar-refractivity contribution in [3.8, 4) is 0 Å². The fraction of sp³-hybridized carbons (Fsp3) is 0.875. The Bertz CT molecular complexity index is 416. The Morgan fingerprint density at radius 2 is 1.08 bits per heavy atom. The monoisotopic (exact) mass is 344 g/mol. The first-order valence-corrected chi connectivity index (χ1v) is 8.27. The molecule has 8 heteroatoms. The zero-order chi connectivity index (χ0) is 18.7. The van der Waals surface area contributed by atoms with Gasteiger partial charge in [-0.2, -0.15) is 0 Å². The smallest absolute Gasteiger partial charge is 0.407 e. The van der Waals surface area contributed by atoms with Gasteiger partial charge in [0.25, 0.3) is 0 Å². The number of amides is 2. The molecule has 4 atom stereocenters. The molecule has 0 saturated heterocycles. The lowest BCUT2D eigenvalue weighted by atomic mass is 10.2. The summed E-state index contributed by atoms with van der Waals surface area (Å²) in [4.78, 5) is 23.0. The number of nitrogens with one attached hydrogen (secondary N) is 2. The zero-order valence-corrected chi connectivity index (χ0v) is 15.5. The Kier molecular flexibility index (Phi) is 6.46. The number of nitrogens with two attached hydrogens (primary N) is 2. The van der Waals surface area contributed by atoms with Crippen LogP contribution in [0.3, 0.4) is 0 Å². The maximum absolute atomic E-state index is 11.5. The van der Waals surface area contributed by atoms with Gasteiger partial charge in [-0.25, -0.2) is 9.59 Å². The fourth-order valence-electron chi connectivity index (χ4n) is 1.67. The first kappa shape index (κ1) is 20.5. The molecular formula is C16H32N4O4. The summed E-state index contributed by atoms with van der Waals surface area (Å²) in [5, 5.41) is 5.39. The Hall–Kier alpha value is -1.54. The molecule has 0 radical (unpaired) electrons. The molecule has 2 aliphatic carbocycles. The molecule has 2 unspecified atom stereocenters. The fourth-order valence-corrected chi connectivity index (χ4v) is 1.67. The Morgan fingerprint density at radius 1 is 0.792 bits per heavy atom. The number of ether oxygens (including phenoxy) is 2. The molecule has 0 aromatic carbocycles. The molecule has 2 saturated carbocycles. The molecule has 2 aliphatic rings. The Labute approximate surface area is 144 Å². The van der Waals surface area contributed by atoms with Gasteiger partial charge in [-0.15, -0.1) is 0 Å². The molecule has 2 rings (SSSR count). The lowest BCUT2D eigenvalue weighted by Crippen LogP contribution is -2.39. The van der Waals surface area contributed by atoms with Gasteiger partial charge < -0.3 is 31.6 Å². The molecular weight excluding hydrogens is 312 g/mol. The molecule has 0 bridgehead atoms. The van der Waals surface area contributed by atoms with Crippen molar-refractivity contribution in [3.63, 3.8) is 0 Å². The van der Waals surface area contributed by atoms with Gasteiger partial charge in [0, 0.05) is 12.1 Å². The number of carbonyl (C=O) groups excluding carboxylic acids is 2. The van der Waals surface area contributed by atoms with Crippen LogP contribution in [0.15, 0.2) is 0 Å². The highest BCUT2D eigenvalue weighted by atomic mass is 16.6. The van der Waals surface area contributed by atoms with E-state index in [0.29, 0.717) is 18.5 Å². The molecule has 24 heavy (non-hydrogen) atoms. The lowest BCUT2D eigenvalue weighted by molar-refractivity contribution is 0.0488. The highest BCUT2D eigenvalue weighted by molar-refractivity contribution is 5.71. The summed E-state index contributed by atoms with van der Waals surface area (Å²) in [5.41, 5.74) is 9.44. The van der Waals surface area contributed by atoms with Gasteiger partial charge >= 0.3 is 12.2 Å². The second-order valence-electron chi connectivity index (χ2n) is 8.30. The molecule has 6 N–H and O–H groups in total. The predicted molar refractivity (Wildman–Crippen MR) is 91.5 cm³/mol. The van der Waals surface area contributed by atoms with E-state index in [9.17, 15) is 9.59 Å². The molecule has 2 amide bonds. The molecule has 0 heterocycles. The van der Waals surface area contributed by atoms with Crippen molar-refractivity contribution in [2.24, 2.45) is 11.5 Å². The molecule has 8 nitrogen and oxygen atoms in total. The molecule has 2 fully saturated rings.